The van der Waals surface area contributed by atoms with E-state index < -0.39 is 21.6 Å². The van der Waals surface area contributed by atoms with Gasteiger partial charge in [0.2, 0.25) is 15.0 Å². The second-order valence-corrected chi connectivity index (χ2v) is 7.53. The van der Waals surface area contributed by atoms with Gasteiger partial charge in [0.1, 0.15) is 17.1 Å². The van der Waals surface area contributed by atoms with Crippen molar-refractivity contribution in [3.63, 3.8) is 0 Å². The van der Waals surface area contributed by atoms with E-state index in [1.165, 1.54) is 31.2 Å². The smallest absolute Gasteiger partial charge is 0.347 e. The number of carbonyl (C=O) groups is 1. The molecule has 0 amide bonds. The number of esters is 1. The highest BCUT2D eigenvalue weighted by Crippen LogP contribution is 2.23. The first-order valence-electron chi connectivity index (χ1n) is 7.16. The van der Waals surface area contributed by atoms with Gasteiger partial charge in [0, 0.05) is 6.26 Å². The maximum Gasteiger partial charge on any atom is 0.347 e. The van der Waals surface area contributed by atoms with Gasteiger partial charge in [0.05, 0.1) is 11.4 Å². The molecule has 0 spiro atoms. The van der Waals surface area contributed by atoms with Gasteiger partial charge in [-0.05, 0) is 37.1 Å². The molecule has 2 aromatic rings. The van der Waals surface area contributed by atoms with Crippen molar-refractivity contribution in [2.75, 3.05) is 6.26 Å². The van der Waals surface area contributed by atoms with Gasteiger partial charge in [0.15, 0.2) is 0 Å². The predicted octanol–water partition coefficient (Wildman–Crippen LogP) is 2.67. The minimum atomic E-state index is -3.60. The SMILES string of the molecule is Cc1nc(S(C)(=O)=O)nc(C(C)C)c1C(=O)Oc1ccc(F)cc1. The summed E-state index contributed by atoms with van der Waals surface area (Å²) in [6, 6.07) is 4.98. The van der Waals surface area contributed by atoms with E-state index in [-0.39, 0.29) is 33.8 Å². The summed E-state index contributed by atoms with van der Waals surface area (Å²) in [5.74, 6) is -1.22. The van der Waals surface area contributed by atoms with E-state index in [1.54, 1.807) is 13.8 Å². The van der Waals surface area contributed by atoms with Crippen LogP contribution in [0.3, 0.4) is 0 Å². The maximum absolute atomic E-state index is 12.9. The van der Waals surface area contributed by atoms with E-state index in [9.17, 15) is 17.6 Å². The zero-order valence-electron chi connectivity index (χ0n) is 13.7. The highest BCUT2D eigenvalue weighted by atomic mass is 32.2. The first kappa shape index (κ1) is 18.0. The van der Waals surface area contributed by atoms with Crippen molar-refractivity contribution in [3.05, 3.63) is 47.0 Å². The lowest BCUT2D eigenvalue weighted by Gasteiger charge is -2.14. The molecule has 128 valence electrons. The quantitative estimate of drug-likeness (QED) is 0.478. The maximum atomic E-state index is 12.9. The fourth-order valence-corrected chi connectivity index (χ4v) is 2.63. The lowest BCUT2D eigenvalue weighted by molar-refractivity contribution is 0.0730. The largest absolute Gasteiger partial charge is 0.423 e. The van der Waals surface area contributed by atoms with Crippen LogP contribution in [-0.2, 0) is 9.84 Å². The molecule has 24 heavy (non-hydrogen) atoms. The van der Waals surface area contributed by atoms with Crippen LogP contribution in [0.1, 0.15) is 41.5 Å². The number of carbonyl (C=O) groups excluding carboxylic acids is 1. The van der Waals surface area contributed by atoms with Crippen LogP contribution in [0.15, 0.2) is 29.4 Å². The van der Waals surface area contributed by atoms with Gasteiger partial charge in [-0.25, -0.2) is 27.6 Å². The lowest BCUT2D eigenvalue weighted by Crippen LogP contribution is -2.19. The van der Waals surface area contributed by atoms with E-state index in [0.29, 0.717) is 0 Å². The highest BCUT2D eigenvalue weighted by molar-refractivity contribution is 7.90. The zero-order valence-corrected chi connectivity index (χ0v) is 14.5. The summed E-state index contributed by atoms with van der Waals surface area (Å²) in [4.78, 5) is 20.4. The Hall–Kier alpha value is -2.35. The summed E-state index contributed by atoms with van der Waals surface area (Å²) in [6.07, 6.45) is 1.00. The molecule has 1 heterocycles. The first-order valence-corrected chi connectivity index (χ1v) is 9.05. The van der Waals surface area contributed by atoms with Crippen molar-refractivity contribution in [1.29, 1.82) is 0 Å². The number of hydrogen-bond acceptors (Lipinski definition) is 6. The molecule has 0 saturated heterocycles. The summed E-state index contributed by atoms with van der Waals surface area (Å²) < 4.78 is 41.5. The Labute approximate surface area is 139 Å². The third-order valence-corrected chi connectivity index (χ3v) is 4.05. The van der Waals surface area contributed by atoms with Gasteiger partial charge in [-0.3, -0.25) is 0 Å². The van der Waals surface area contributed by atoms with Crippen molar-refractivity contribution in [2.24, 2.45) is 0 Å². The molecule has 0 fully saturated rings. The molecule has 6 nitrogen and oxygen atoms in total. The van der Waals surface area contributed by atoms with Gasteiger partial charge in [-0.15, -0.1) is 0 Å². The molecule has 0 N–H and O–H groups in total. The number of benzene rings is 1. The molecule has 0 aliphatic heterocycles. The third-order valence-electron chi connectivity index (χ3n) is 3.20. The molecule has 0 aliphatic rings. The summed E-state index contributed by atoms with van der Waals surface area (Å²) in [5.41, 5.74) is 0.609. The molecule has 0 unspecified atom stereocenters. The van der Waals surface area contributed by atoms with Crippen LogP contribution in [0.5, 0.6) is 5.75 Å². The molecular weight excluding hydrogens is 335 g/mol. The summed E-state index contributed by atoms with van der Waals surface area (Å²) in [6.45, 7) is 5.08. The van der Waals surface area contributed by atoms with Crippen LogP contribution >= 0.6 is 0 Å². The molecule has 0 saturated carbocycles. The Kier molecular flexibility index (Phi) is 4.98. The van der Waals surface area contributed by atoms with Crippen LogP contribution in [0.4, 0.5) is 4.39 Å². The number of aryl methyl sites for hydroxylation is 1. The zero-order chi connectivity index (χ0) is 18.1. The topological polar surface area (TPSA) is 86.2 Å². The monoisotopic (exact) mass is 352 g/mol. The molecule has 0 radical (unpaired) electrons. The van der Waals surface area contributed by atoms with E-state index in [2.05, 4.69) is 9.97 Å². The van der Waals surface area contributed by atoms with Gasteiger partial charge in [-0.1, -0.05) is 13.8 Å². The van der Waals surface area contributed by atoms with E-state index in [0.717, 1.165) is 6.26 Å². The lowest BCUT2D eigenvalue weighted by atomic mass is 10.0. The standard InChI is InChI=1S/C16H17FN2O4S/c1-9(2)14-13(10(3)18-16(19-14)24(4,21)22)15(20)23-12-7-5-11(17)6-8-12/h5-9H,1-4H3. The molecule has 1 aromatic heterocycles. The molecule has 2 rings (SSSR count). The number of nitrogens with zero attached hydrogens (tertiary/aromatic N) is 2. The Morgan fingerprint density at radius 3 is 2.25 bits per heavy atom. The van der Waals surface area contributed by atoms with Crippen LogP contribution in [0.25, 0.3) is 0 Å². The number of halogens is 1. The fourth-order valence-electron chi connectivity index (χ4n) is 2.07. The third kappa shape index (κ3) is 3.94. The van der Waals surface area contributed by atoms with E-state index in [4.69, 9.17) is 4.74 Å². The van der Waals surface area contributed by atoms with Crippen LogP contribution < -0.4 is 4.74 Å². The minimum absolute atomic E-state index is 0.113. The molecule has 0 atom stereocenters. The molecular formula is C16H17FN2O4S. The Morgan fingerprint density at radius 2 is 1.75 bits per heavy atom. The second kappa shape index (κ2) is 6.64. The van der Waals surface area contributed by atoms with E-state index >= 15 is 0 Å². The van der Waals surface area contributed by atoms with Crippen LogP contribution in [0.2, 0.25) is 0 Å². The summed E-state index contributed by atoms with van der Waals surface area (Å²) in [5, 5.41) is -0.331. The molecule has 1 aromatic carbocycles. The molecule has 8 heteroatoms. The number of rotatable bonds is 4. The number of ether oxygens (including phenoxy) is 1. The Balaban J connectivity index is 2.48. The van der Waals surface area contributed by atoms with Gasteiger partial charge in [0.25, 0.3) is 0 Å². The predicted molar refractivity (Wildman–Crippen MR) is 85.3 cm³/mol. The summed E-state index contributed by atoms with van der Waals surface area (Å²) >= 11 is 0. The van der Waals surface area contributed by atoms with Crippen molar-refractivity contribution in [2.45, 2.75) is 31.8 Å². The number of aromatic nitrogens is 2. The molecule has 0 aliphatic carbocycles. The number of sulfone groups is 1. The fraction of sp³-hybridized carbons (Fsp3) is 0.312. The van der Waals surface area contributed by atoms with E-state index in [1.807, 2.05) is 0 Å². The van der Waals surface area contributed by atoms with Gasteiger partial charge < -0.3 is 4.74 Å². The average Bonchev–Trinajstić information content (AvgIpc) is 2.47. The van der Waals surface area contributed by atoms with Crippen molar-refractivity contribution in [3.8, 4) is 5.75 Å². The van der Waals surface area contributed by atoms with Crippen molar-refractivity contribution >= 4 is 15.8 Å². The van der Waals surface area contributed by atoms with Crippen LogP contribution in [-0.4, -0.2) is 30.6 Å². The van der Waals surface area contributed by atoms with Gasteiger partial charge in [-0.2, -0.15) is 0 Å². The molecule has 0 bridgehead atoms. The Bertz CT molecular complexity index is 878. The first-order chi connectivity index (χ1) is 11.1. The average molecular weight is 352 g/mol. The van der Waals surface area contributed by atoms with Crippen LogP contribution in [0, 0.1) is 12.7 Å². The number of hydrogen-bond donors (Lipinski definition) is 0. The second-order valence-electron chi connectivity index (χ2n) is 5.62. The summed E-state index contributed by atoms with van der Waals surface area (Å²) in [7, 11) is -3.60. The van der Waals surface area contributed by atoms with Crippen molar-refractivity contribution in [1.82, 2.24) is 9.97 Å². The van der Waals surface area contributed by atoms with Crippen molar-refractivity contribution < 1.29 is 22.3 Å². The Morgan fingerprint density at radius 1 is 1.17 bits per heavy atom. The highest BCUT2D eigenvalue weighted by Gasteiger charge is 2.25. The normalized spacial score (nSPS) is 11.6. The minimum Gasteiger partial charge on any atom is -0.423 e. The van der Waals surface area contributed by atoms with Gasteiger partial charge >= 0.3 is 5.97 Å².